The zero-order chi connectivity index (χ0) is 14.4. The Morgan fingerprint density at radius 2 is 2.25 bits per heavy atom. The summed E-state index contributed by atoms with van der Waals surface area (Å²) < 4.78 is 0. The van der Waals surface area contributed by atoms with Crippen LogP contribution < -0.4 is 5.32 Å². The molecule has 0 radical (unpaired) electrons. The molecule has 2 rings (SSSR count). The highest BCUT2D eigenvalue weighted by atomic mass is 32.1. The average Bonchev–Trinajstić information content (AvgIpc) is 3.00. The van der Waals surface area contributed by atoms with E-state index in [-0.39, 0.29) is 12.5 Å². The quantitative estimate of drug-likeness (QED) is 0.852. The fourth-order valence-corrected chi connectivity index (χ4v) is 2.44. The van der Waals surface area contributed by atoms with Crippen molar-refractivity contribution in [1.29, 1.82) is 0 Å². The van der Waals surface area contributed by atoms with Gasteiger partial charge >= 0.3 is 0 Å². The van der Waals surface area contributed by atoms with Crippen LogP contribution >= 0.6 is 11.3 Å². The number of aryl methyl sites for hydroxylation is 1. The summed E-state index contributed by atoms with van der Waals surface area (Å²) in [5, 5.41) is 13.5. The molecule has 2 N–H and O–H groups in total. The Morgan fingerprint density at radius 3 is 2.90 bits per heavy atom. The number of aliphatic hydroxyl groups is 1. The second kappa shape index (κ2) is 6.90. The molecule has 1 amide bonds. The van der Waals surface area contributed by atoms with E-state index in [1.54, 1.807) is 6.07 Å². The first-order valence-corrected chi connectivity index (χ1v) is 7.20. The van der Waals surface area contributed by atoms with Crippen molar-refractivity contribution in [3.63, 3.8) is 0 Å². The molecular weight excluding hydrogens is 270 g/mol. The minimum absolute atomic E-state index is 0.0936. The van der Waals surface area contributed by atoms with Gasteiger partial charge < -0.3 is 10.4 Å². The molecular formula is C16H15NO2S. The molecule has 1 heterocycles. The van der Waals surface area contributed by atoms with E-state index in [0.29, 0.717) is 4.88 Å². The Kier molecular flexibility index (Phi) is 4.94. The Bertz CT molecular complexity index is 651. The summed E-state index contributed by atoms with van der Waals surface area (Å²) in [7, 11) is 0. The van der Waals surface area contributed by atoms with E-state index < -0.39 is 0 Å². The molecule has 0 aliphatic rings. The summed E-state index contributed by atoms with van der Waals surface area (Å²) in [5.41, 5.74) is 2.67. The van der Waals surface area contributed by atoms with Crippen LogP contribution in [0.25, 0.3) is 0 Å². The highest BCUT2D eigenvalue weighted by Crippen LogP contribution is 2.20. The molecule has 20 heavy (non-hydrogen) atoms. The van der Waals surface area contributed by atoms with Gasteiger partial charge in [0.15, 0.2) is 0 Å². The number of rotatable bonds is 3. The summed E-state index contributed by atoms with van der Waals surface area (Å²) in [5.74, 6) is 5.39. The zero-order valence-corrected chi connectivity index (χ0v) is 12.0. The molecule has 1 aromatic carbocycles. The Balaban J connectivity index is 2.21. The number of anilines is 1. The van der Waals surface area contributed by atoms with Gasteiger partial charge in [-0.2, -0.15) is 0 Å². The lowest BCUT2D eigenvalue weighted by molar-refractivity contribution is 0.103. The van der Waals surface area contributed by atoms with Crippen LogP contribution in [0.4, 0.5) is 5.69 Å². The van der Waals surface area contributed by atoms with E-state index in [1.165, 1.54) is 11.3 Å². The number of thiophene rings is 1. The third-order valence-electron chi connectivity index (χ3n) is 2.79. The number of carbonyl (C=O) groups is 1. The molecule has 102 valence electrons. The van der Waals surface area contributed by atoms with Crippen LogP contribution in [0, 0.1) is 11.8 Å². The maximum atomic E-state index is 12.0. The standard InChI is InChI=1S/C16H15NO2S/c1-2-13-11-12(5-3-9-18)7-8-14(13)17-16(19)15-6-4-10-20-15/h4,6-8,10-11,18H,2,9H2,1H3,(H,17,19). The number of carbonyl (C=O) groups excluding carboxylic acids is 1. The Morgan fingerprint density at radius 1 is 1.40 bits per heavy atom. The highest BCUT2D eigenvalue weighted by molar-refractivity contribution is 7.12. The van der Waals surface area contributed by atoms with Crippen LogP contribution in [0.2, 0.25) is 0 Å². The lowest BCUT2D eigenvalue weighted by Crippen LogP contribution is -2.11. The molecule has 0 spiro atoms. The zero-order valence-electron chi connectivity index (χ0n) is 11.1. The van der Waals surface area contributed by atoms with Crippen LogP contribution in [0.5, 0.6) is 0 Å². The van der Waals surface area contributed by atoms with Crippen LogP contribution in [0.3, 0.4) is 0 Å². The van der Waals surface area contributed by atoms with Crippen molar-refractivity contribution < 1.29 is 9.90 Å². The smallest absolute Gasteiger partial charge is 0.265 e. The number of hydrogen-bond donors (Lipinski definition) is 2. The SMILES string of the molecule is CCc1cc(C#CCO)ccc1NC(=O)c1cccs1. The van der Waals surface area contributed by atoms with Crippen molar-refractivity contribution in [2.24, 2.45) is 0 Å². The van der Waals surface area contributed by atoms with E-state index in [0.717, 1.165) is 23.2 Å². The van der Waals surface area contributed by atoms with E-state index in [1.807, 2.05) is 36.6 Å². The van der Waals surface area contributed by atoms with Crippen LogP contribution in [0.1, 0.15) is 27.7 Å². The average molecular weight is 285 g/mol. The van der Waals surface area contributed by atoms with Crippen molar-refractivity contribution in [1.82, 2.24) is 0 Å². The summed E-state index contributed by atoms with van der Waals surface area (Å²) >= 11 is 1.42. The summed E-state index contributed by atoms with van der Waals surface area (Å²) in [6, 6.07) is 9.28. The van der Waals surface area contributed by atoms with Gasteiger partial charge in [0.25, 0.3) is 5.91 Å². The lowest BCUT2D eigenvalue weighted by atomic mass is 10.1. The number of nitrogens with one attached hydrogen (secondary N) is 1. The summed E-state index contributed by atoms with van der Waals surface area (Å²) in [6.07, 6.45) is 0.800. The van der Waals surface area contributed by atoms with Crippen molar-refractivity contribution in [3.05, 3.63) is 51.7 Å². The molecule has 0 bridgehead atoms. The Hall–Kier alpha value is -2.09. The monoisotopic (exact) mass is 285 g/mol. The fourth-order valence-electron chi connectivity index (χ4n) is 1.82. The maximum absolute atomic E-state index is 12.0. The van der Waals surface area contributed by atoms with Gasteiger partial charge in [0.1, 0.15) is 6.61 Å². The van der Waals surface area contributed by atoms with Crippen molar-refractivity contribution >= 4 is 22.9 Å². The molecule has 2 aromatic rings. The second-order valence-electron chi connectivity index (χ2n) is 4.12. The van der Waals surface area contributed by atoms with Crippen LogP contribution in [0.15, 0.2) is 35.7 Å². The summed E-state index contributed by atoms with van der Waals surface area (Å²) in [4.78, 5) is 12.7. The molecule has 1 aromatic heterocycles. The molecule has 0 saturated heterocycles. The van der Waals surface area contributed by atoms with Crippen molar-refractivity contribution in [3.8, 4) is 11.8 Å². The minimum atomic E-state index is -0.154. The van der Waals surface area contributed by atoms with E-state index in [2.05, 4.69) is 17.2 Å². The van der Waals surface area contributed by atoms with Gasteiger partial charge in [-0.1, -0.05) is 24.8 Å². The number of hydrogen-bond acceptors (Lipinski definition) is 3. The van der Waals surface area contributed by atoms with Gasteiger partial charge in [0.05, 0.1) is 4.88 Å². The van der Waals surface area contributed by atoms with E-state index in [4.69, 9.17) is 5.11 Å². The number of amides is 1. The Labute approximate surface area is 122 Å². The molecule has 4 heteroatoms. The van der Waals surface area contributed by atoms with Gasteiger partial charge in [-0.25, -0.2) is 0 Å². The van der Waals surface area contributed by atoms with E-state index in [9.17, 15) is 4.79 Å². The lowest BCUT2D eigenvalue weighted by Gasteiger charge is -2.09. The van der Waals surface area contributed by atoms with Gasteiger partial charge in [0.2, 0.25) is 0 Å². The van der Waals surface area contributed by atoms with Gasteiger partial charge in [-0.15, -0.1) is 11.3 Å². The predicted octanol–water partition coefficient (Wildman–Crippen LogP) is 2.91. The first-order valence-electron chi connectivity index (χ1n) is 6.32. The van der Waals surface area contributed by atoms with Crippen LogP contribution in [-0.2, 0) is 6.42 Å². The number of benzene rings is 1. The molecule has 3 nitrogen and oxygen atoms in total. The minimum Gasteiger partial charge on any atom is -0.384 e. The third kappa shape index (κ3) is 3.47. The first kappa shape index (κ1) is 14.3. The maximum Gasteiger partial charge on any atom is 0.265 e. The van der Waals surface area contributed by atoms with Gasteiger partial charge in [-0.3, -0.25) is 4.79 Å². The highest BCUT2D eigenvalue weighted by Gasteiger charge is 2.09. The molecule has 0 aliphatic heterocycles. The largest absolute Gasteiger partial charge is 0.384 e. The van der Waals surface area contributed by atoms with Gasteiger partial charge in [0, 0.05) is 11.3 Å². The topological polar surface area (TPSA) is 49.3 Å². The molecule has 0 atom stereocenters. The summed E-state index contributed by atoms with van der Waals surface area (Å²) in [6.45, 7) is 1.87. The van der Waals surface area contributed by atoms with Gasteiger partial charge in [-0.05, 0) is 41.6 Å². The fraction of sp³-hybridized carbons (Fsp3) is 0.188. The number of aliphatic hydroxyl groups excluding tert-OH is 1. The normalized spacial score (nSPS) is 9.70. The molecule has 0 fully saturated rings. The van der Waals surface area contributed by atoms with Crippen molar-refractivity contribution in [2.45, 2.75) is 13.3 Å². The predicted molar refractivity (Wildman–Crippen MR) is 82.1 cm³/mol. The molecule has 0 aliphatic carbocycles. The van der Waals surface area contributed by atoms with Crippen molar-refractivity contribution in [2.75, 3.05) is 11.9 Å². The molecule has 0 unspecified atom stereocenters. The second-order valence-corrected chi connectivity index (χ2v) is 5.06. The van der Waals surface area contributed by atoms with E-state index >= 15 is 0 Å². The third-order valence-corrected chi connectivity index (χ3v) is 3.66. The van der Waals surface area contributed by atoms with Crippen LogP contribution in [-0.4, -0.2) is 17.6 Å². The first-order chi connectivity index (χ1) is 9.74. The molecule has 0 saturated carbocycles.